The zero-order valence-electron chi connectivity index (χ0n) is 16.2. The van der Waals surface area contributed by atoms with Gasteiger partial charge in [-0.2, -0.15) is 5.10 Å². The molecule has 8 heteroatoms. The number of benzene rings is 2. The zero-order valence-corrected chi connectivity index (χ0v) is 16.2. The number of imidazole rings is 1. The number of aromatic amines is 2. The summed E-state index contributed by atoms with van der Waals surface area (Å²) in [6.07, 6.45) is 3.23. The monoisotopic (exact) mass is 404 g/mol. The quantitative estimate of drug-likeness (QED) is 0.417. The van der Waals surface area contributed by atoms with Gasteiger partial charge in [-0.1, -0.05) is 24.3 Å². The summed E-state index contributed by atoms with van der Waals surface area (Å²) in [5.74, 6) is 0.253. The van der Waals surface area contributed by atoms with Crippen LogP contribution in [0.1, 0.15) is 12.8 Å². The van der Waals surface area contributed by atoms with Gasteiger partial charge in [0.15, 0.2) is 5.82 Å². The molecule has 7 nitrogen and oxygen atoms in total. The molecule has 1 aliphatic rings. The molecule has 152 valence electrons. The molecule has 0 atom stereocenters. The lowest BCUT2D eigenvalue weighted by atomic mass is 9.97. The van der Waals surface area contributed by atoms with Crippen LogP contribution in [0.3, 0.4) is 0 Å². The number of piperidine rings is 1. The molecule has 30 heavy (non-hydrogen) atoms. The van der Waals surface area contributed by atoms with Crippen molar-refractivity contribution in [2.45, 2.75) is 12.8 Å². The number of nitrogens with zero attached hydrogens (tertiary/aromatic N) is 2. The van der Waals surface area contributed by atoms with Gasteiger partial charge in [0.05, 0.1) is 22.9 Å². The van der Waals surface area contributed by atoms with E-state index < -0.39 is 0 Å². The lowest BCUT2D eigenvalue weighted by Crippen LogP contribution is -2.34. The number of aromatic nitrogens is 4. The van der Waals surface area contributed by atoms with E-state index in [-0.39, 0.29) is 17.6 Å². The highest BCUT2D eigenvalue weighted by atomic mass is 19.1. The predicted molar refractivity (Wildman–Crippen MR) is 113 cm³/mol. The second-order valence-corrected chi connectivity index (χ2v) is 7.47. The number of hydrogen-bond donors (Lipinski definition) is 4. The van der Waals surface area contributed by atoms with Gasteiger partial charge in [0.2, 0.25) is 5.91 Å². The first-order valence-electron chi connectivity index (χ1n) is 9.99. The molecule has 0 saturated carbocycles. The Balaban J connectivity index is 1.48. The fourth-order valence-electron chi connectivity index (χ4n) is 3.92. The number of rotatable bonds is 4. The van der Waals surface area contributed by atoms with Gasteiger partial charge in [0.25, 0.3) is 0 Å². The number of H-pyrrole nitrogens is 2. The maximum absolute atomic E-state index is 13.7. The van der Waals surface area contributed by atoms with E-state index in [0.29, 0.717) is 17.2 Å². The second-order valence-electron chi connectivity index (χ2n) is 7.47. The molecule has 0 radical (unpaired) electrons. The van der Waals surface area contributed by atoms with Crippen molar-refractivity contribution >= 4 is 22.6 Å². The van der Waals surface area contributed by atoms with E-state index >= 15 is 0 Å². The molecule has 3 heterocycles. The minimum absolute atomic E-state index is 0.00397. The van der Waals surface area contributed by atoms with Crippen LogP contribution in [0.5, 0.6) is 0 Å². The Morgan fingerprint density at radius 2 is 1.97 bits per heavy atom. The third kappa shape index (κ3) is 3.46. The molecule has 0 bridgehead atoms. The molecule has 4 aromatic rings. The fourth-order valence-corrected chi connectivity index (χ4v) is 3.92. The second kappa shape index (κ2) is 7.72. The number of fused-ring (bicyclic) bond motifs is 1. The average molecular weight is 404 g/mol. The zero-order chi connectivity index (χ0) is 20.5. The third-order valence-electron chi connectivity index (χ3n) is 5.49. The average Bonchev–Trinajstić information content (AvgIpc) is 3.40. The molecule has 1 amide bonds. The molecule has 2 aromatic carbocycles. The van der Waals surface area contributed by atoms with Crippen molar-refractivity contribution in [1.29, 1.82) is 0 Å². The lowest BCUT2D eigenvalue weighted by Gasteiger charge is -2.21. The summed E-state index contributed by atoms with van der Waals surface area (Å²) in [7, 11) is 0. The highest BCUT2D eigenvalue weighted by Gasteiger charge is 2.23. The van der Waals surface area contributed by atoms with Crippen LogP contribution < -0.4 is 10.6 Å². The Hall–Kier alpha value is -3.52. The fraction of sp³-hybridized carbons (Fsp3) is 0.227. The maximum Gasteiger partial charge on any atom is 0.227 e. The van der Waals surface area contributed by atoms with E-state index in [1.807, 2.05) is 24.3 Å². The van der Waals surface area contributed by atoms with E-state index in [1.165, 1.54) is 12.1 Å². The number of carbonyl (C=O) groups excluding carboxylic acids is 1. The summed E-state index contributed by atoms with van der Waals surface area (Å²) in [6, 6.07) is 12.2. The van der Waals surface area contributed by atoms with Crippen LogP contribution in [0.15, 0.2) is 48.7 Å². The molecule has 1 aliphatic heterocycles. The molecule has 0 unspecified atom stereocenters. The van der Waals surface area contributed by atoms with Crippen LogP contribution in [0.25, 0.3) is 33.7 Å². The number of hydrogen-bond acceptors (Lipinski definition) is 4. The molecule has 2 aromatic heterocycles. The summed E-state index contributed by atoms with van der Waals surface area (Å²) in [4.78, 5) is 20.7. The number of anilines is 1. The summed E-state index contributed by atoms with van der Waals surface area (Å²) in [5, 5.41) is 13.3. The Morgan fingerprint density at radius 1 is 1.13 bits per heavy atom. The van der Waals surface area contributed by atoms with Crippen molar-refractivity contribution in [2.75, 3.05) is 18.4 Å². The van der Waals surface area contributed by atoms with Crippen LogP contribution in [0.4, 0.5) is 10.1 Å². The van der Waals surface area contributed by atoms with Crippen LogP contribution >= 0.6 is 0 Å². The van der Waals surface area contributed by atoms with Crippen molar-refractivity contribution < 1.29 is 9.18 Å². The van der Waals surface area contributed by atoms with Gasteiger partial charge in [-0.15, -0.1) is 0 Å². The molecule has 0 spiro atoms. The normalized spacial score (nSPS) is 14.8. The van der Waals surface area contributed by atoms with Crippen LogP contribution in [-0.2, 0) is 4.79 Å². The first-order valence-corrected chi connectivity index (χ1v) is 9.99. The number of nitrogens with one attached hydrogen (secondary N) is 4. The SMILES string of the molecule is O=C(Nc1cn[nH]c1-c1nc2c(-c3cccc(F)c3)cccc2[nH]1)C1CCNCC1. The van der Waals surface area contributed by atoms with E-state index in [1.54, 1.807) is 12.3 Å². The molecular weight excluding hydrogens is 383 g/mol. The van der Waals surface area contributed by atoms with Crippen LogP contribution in [0, 0.1) is 11.7 Å². The van der Waals surface area contributed by atoms with E-state index in [0.717, 1.165) is 48.1 Å². The molecule has 5 rings (SSSR count). The predicted octanol–water partition coefficient (Wildman–Crippen LogP) is 3.70. The topological polar surface area (TPSA) is 98.5 Å². The Morgan fingerprint density at radius 3 is 2.80 bits per heavy atom. The summed E-state index contributed by atoms with van der Waals surface area (Å²) in [5.41, 5.74) is 4.32. The van der Waals surface area contributed by atoms with Crippen molar-refractivity contribution in [3.8, 4) is 22.6 Å². The summed E-state index contributed by atoms with van der Waals surface area (Å²) >= 11 is 0. The minimum Gasteiger partial charge on any atom is -0.337 e. The largest absolute Gasteiger partial charge is 0.337 e. The van der Waals surface area contributed by atoms with Gasteiger partial charge >= 0.3 is 0 Å². The van der Waals surface area contributed by atoms with Crippen molar-refractivity contribution in [3.63, 3.8) is 0 Å². The van der Waals surface area contributed by atoms with E-state index in [2.05, 4.69) is 25.8 Å². The minimum atomic E-state index is -0.295. The number of amides is 1. The van der Waals surface area contributed by atoms with Gasteiger partial charge in [-0.25, -0.2) is 9.37 Å². The molecule has 1 fully saturated rings. The van der Waals surface area contributed by atoms with Crippen molar-refractivity contribution in [2.24, 2.45) is 5.92 Å². The first-order chi connectivity index (χ1) is 14.7. The number of para-hydroxylation sites is 1. The van der Waals surface area contributed by atoms with E-state index in [4.69, 9.17) is 4.98 Å². The standard InChI is InChI=1S/C22H21FN6O/c23-15-4-1-3-14(11-15)16-5-2-6-17-19(16)28-21(26-17)20-18(12-25-29-20)27-22(30)13-7-9-24-10-8-13/h1-6,11-13,24H,7-10H2,(H,25,29)(H,26,28)(H,27,30). The Bertz CT molecular complexity index is 1210. The van der Waals surface area contributed by atoms with Crippen molar-refractivity contribution in [1.82, 2.24) is 25.5 Å². The third-order valence-corrected chi connectivity index (χ3v) is 5.49. The van der Waals surface area contributed by atoms with Crippen molar-refractivity contribution in [3.05, 3.63) is 54.5 Å². The Kier molecular flexibility index (Phi) is 4.76. The van der Waals surface area contributed by atoms with Gasteiger partial charge in [-0.05, 0) is 49.7 Å². The number of carbonyl (C=O) groups is 1. The number of halogens is 1. The van der Waals surface area contributed by atoms with E-state index in [9.17, 15) is 9.18 Å². The Labute approximate surface area is 172 Å². The van der Waals surface area contributed by atoms with Gasteiger partial charge in [0.1, 0.15) is 11.5 Å². The first kappa shape index (κ1) is 18.5. The van der Waals surface area contributed by atoms with Crippen LogP contribution in [0.2, 0.25) is 0 Å². The molecular formula is C22H21FN6O. The molecule has 4 N–H and O–H groups in total. The molecule has 0 aliphatic carbocycles. The van der Waals surface area contributed by atoms with Gasteiger partial charge < -0.3 is 15.6 Å². The summed E-state index contributed by atoms with van der Waals surface area (Å²) < 4.78 is 13.7. The van der Waals surface area contributed by atoms with Gasteiger partial charge in [-0.3, -0.25) is 9.89 Å². The smallest absolute Gasteiger partial charge is 0.227 e. The highest BCUT2D eigenvalue weighted by Crippen LogP contribution is 2.31. The summed E-state index contributed by atoms with van der Waals surface area (Å²) in [6.45, 7) is 1.70. The maximum atomic E-state index is 13.7. The lowest BCUT2D eigenvalue weighted by molar-refractivity contribution is -0.120. The van der Waals surface area contributed by atoms with Crippen LogP contribution in [-0.4, -0.2) is 39.2 Å². The van der Waals surface area contributed by atoms with Gasteiger partial charge in [0, 0.05) is 11.5 Å². The highest BCUT2D eigenvalue weighted by molar-refractivity contribution is 5.97. The molecule has 1 saturated heterocycles.